The molecular formula is C17H18FN5O3. The average molecular weight is 359 g/mol. The number of hydrogen-bond acceptors (Lipinski definition) is 8. The average Bonchev–Trinajstić information content (AvgIpc) is 3.08. The van der Waals surface area contributed by atoms with Gasteiger partial charge in [0.25, 0.3) is 5.89 Å². The van der Waals surface area contributed by atoms with Crippen molar-refractivity contribution in [2.75, 3.05) is 25.1 Å². The first-order valence-electron chi connectivity index (χ1n) is 8.24. The van der Waals surface area contributed by atoms with E-state index in [1.54, 1.807) is 19.1 Å². The van der Waals surface area contributed by atoms with Gasteiger partial charge < -0.3 is 18.9 Å². The van der Waals surface area contributed by atoms with Crippen LogP contribution in [0.3, 0.4) is 0 Å². The second-order valence-electron chi connectivity index (χ2n) is 6.20. The van der Waals surface area contributed by atoms with Crippen molar-refractivity contribution in [2.45, 2.75) is 26.1 Å². The summed E-state index contributed by atoms with van der Waals surface area (Å²) in [5.74, 6) is 1.25. The first-order valence-corrected chi connectivity index (χ1v) is 8.24. The molecule has 1 saturated heterocycles. The van der Waals surface area contributed by atoms with E-state index in [1.807, 2.05) is 11.8 Å². The van der Waals surface area contributed by atoms with Crippen LogP contribution < -0.4 is 9.64 Å². The monoisotopic (exact) mass is 359 g/mol. The standard InChI is InChI=1S/C17H18FN5O3/c1-9-6-23(7-13(25-9)17-21-10(2)22-26-17)16-11-4-5-12(24-3)14(18)15(11)19-8-20-16/h4-5,8-9,13H,6-7H2,1-3H3/t9-,13-/m1/s1. The normalized spacial score (nSPS) is 20.5. The van der Waals surface area contributed by atoms with Gasteiger partial charge in [-0.15, -0.1) is 0 Å². The maximum Gasteiger partial charge on any atom is 0.257 e. The third kappa shape index (κ3) is 2.84. The van der Waals surface area contributed by atoms with E-state index in [1.165, 1.54) is 13.4 Å². The van der Waals surface area contributed by atoms with Gasteiger partial charge in [0.2, 0.25) is 0 Å². The summed E-state index contributed by atoms with van der Waals surface area (Å²) in [6.07, 6.45) is 0.883. The van der Waals surface area contributed by atoms with Gasteiger partial charge in [-0.1, -0.05) is 5.16 Å². The maximum atomic E-state index is 14.5. The lowest BCUT2D eigenvalue weighted by Gasteiger charge is -2.36. The third-order valence-electron chi connectivity index (χ3n) is 4.29. The minimum atomic E-state index is -0.501. The summed E-state index contributed by atoms with van der Waals surface area (Å²) in [4.78, 5) is 14.7. The van der Waals surface area contributed by atoms with Crippen LogP contribution in [0.5, 0.6) is 5.75 Å². The van der Waals surface area contributed by atoms with Crippen molar-refractivity contribution in [3.05, 3.63) is 36.0 Å². The van der Waals surface area contributed by atoms with Crippen molar-refractivity contribution in [2.24, 2.45) is 0 Å². The topological polar surface area (TPSA) is 86.4 Å². The molecule has 3 aromatic rings. The van der Waals surface area contributed by atoms with E-state index in [2.05, 4.69) is 20.1 Å². The lowest BCUT2D eigenvalue weighted by molar-refractivity contribution is -0.0333. The molecule has 3 heterocycles. The van der Waals surface area contributed by atoms with Gasteiger partial charge in [0, 0.05) is 11.9 Å². The Morgan fingerprint density at radius 2 is 2.12 bits per heavy atom. The maximum absolute atomic E-state index is 14.5. The number of rotatable bonds is 3. The van der Waals surface area contributed by atoms with E-state index in [4.69, 9.17) is 14.0 Å². The third-order valence-corrected chi connectivity index (χ3v) is 4.29. The molecule has 1 aromatic carbocycles. The zero-order valence-electron chi connectivity index (χ0n) is 14.6. The molecule has 1 aliphatic heterocycles. The molecule has 136 valence electrons. The van der Waals surface area contributed by atoms with E-state index in [0.717, 1.165) is 0 Å². The van der Waals surface area contributed by atoms with Gasteiger partial charge in [0.05, 0.1) is 19.8 Å². The molecule has 0 saturated carbocycles. The van der Waals surface area contributed by atoms with Crippen LogP contribution in [0.2, 0.25) is 0 Å². The second-order valence-corrected chi connectivity index (χ2v) is 6.20. The Hall–Kier alpha value is -2.81. The molecule has 0 amide bonds. The number of fused-ring (bicyclic) bond motifs is 1. The Balaban J connectivity index is 1.73. The molecule has 0 unspecified atom stereocenters. The Bertz CT molecular complexity index is 947. The minimum Gasteiger partial charge on any atom is -0.494 e. The highest BCUT2D eigenvalue weighted by atomic mass is 19.1. The van der Waals surface area contributed by atoms with Crippen molar-refractivity contribution in [1.82, 2.24) is 20.1 Å². The zero-order valence-corrected chi connectivity index (χ0v) is 14.6. The van der Waals surface area contributed by atoms with E-state index in [-0.39, 0.29) is 23.5 Å². The molecule has 0 radical (unpaired) electrons. The molecule has 1 fully saturated rings. The van der Waals surface area contributed by atoms with E-state index in [0.29, 0.717) is 36.0 Å². The summed E-state index contributed by atoms with van der Waals surface area (Å²) in [5.41, 5.74) is 0.221. The summed E-state index contributed by atoms with van der Waals surface area (Å²) in [6.45, 7) is 4.77. The highest BCUT2D eigenvalue weighted by molar-refractivity contribution is 5.90. The Labute approximate surface area is 148 Å². The van der Waals surface area contributed by atoms with Crippen LogP contribution in [0, 0.1) is 12.7 Å². The largest absolute Gasteiger partial charge is 0.494 e. The fourth-order valence-electron chi connectivity index (χ4n) is 3.18. The summed E-state index contributed by atoms with van der Waals surface area (Å²) < 4.78 is 30.8. The van der Waals surface area contributed by atoms with Crippen LogP contribution in [0.25, 0.3) is 10.9 Å². The molecule has 0 aliphatic carbocycles. The molecule has 1 aliphatic rings. The van der Waals surface area contributed by atoms with Crippen LogP contribution in [-0.4, -0.2) is 46.4 Å². The van der Waals surface area contributed by atoms with Crippen LogP contribution in [-0.2, 0) is 4.74 Å². The van der Waals surface area contributed by atoms with E-state index in [9.17, 15) is 4.39 Å². The summed E-state index contributed by atoms with van der Waals surface area (Å²) in [5, 5.41) is 4.43. The van der Waals surface area contributed by atoms with E-state index < -0.39 is 5.82 Å². The van der Waals surface area contributed by atoms with Gasteiger partial charge in [-0.2, -0.15) is 4.98 Å². The quantitative estimate of drug-likeness (QED) is 0.705. The highest BCUT2D eigenvalue weighted by Crippen LogP contribution is 2.33. The van der Waals surface area contributed by atoms with Gasteiger partial charge in [-0.3, -0.25) is 0 Å². The molecule has 26 heavy (non-hydrogen) atoms. The summed E-state index contributed by atoms with van der Waals surface area (Å²) >= 11 is 0. The number of anilines is 1. The fraction of sp³-hybridized carbons (Fsp3) is 0.412. The predicted molar refractivity (Wildman–Crippen MR) is 90.6 cm³/mol. The molecule has 9 heteroatoms. The minimum absolute atomic E-state index is 0.0888. The lowest BCUT2D eigenvalue weighted by atomic mass is 10.1. The molecule has 2 atom stereocenters. The second kappa shape index (κ2) is 6.49. The van der Waals surface area contributed by atoms with Gasteiger partial charge >= 0.3 is 0 Å². The summed E-state index contributed by atoms with van der Waals surface area (Å²) in [6, 6.07) is 3.34. The first kappa shape index (κ1) is 16.6. The molecule has 0 N–H and O–H groups in total. The van der Waals surface area contributed by atoms with Crippen molar-refractivity contribution >= 4 is 16.7 Å². The van der Waals surface area contributed by atoms with Crippen LogP contribution in [0.4, 0.5) is 10.2 Å². The highest BCUT2D eigenvalue weighted by Gasteiger charge is 2.32. The number of morpholine rings is 1. The van der Waals surface area contributed by atoms with Crippen LogP contribution in [0.1, 0.15) is 24.7 Å². The predicted octanol–water partition coefficient (Wildman–Crippen LogP) is 2.44. The first-order chi connectivity index (χ1) is 12.6. The molecule has 8 nitrogen and oxygen atoms in total. The number of aryl methyl sites for hydroxylation is 1. The Kier molecular flexibility index (Phi) is 4.15. The van der Waals surface area contributed by atoms with Crippen molar-refractivity contribution < 1.29 is 18.4 Å². The van der Waals surface area contributed by atoms with E-state index >= 15 is 0 Å². The number of halogens is 1. The number of methoxy groups -OCH3 is 1. The molecular weight excluding hydrogens is 341 g/mol. The van der Waals surface area contributed by atoms with Gasteiger partial charge in [-0.05, 0) is 26.0 Å². The van der Waals surface area contributed by atoms with Crippen molar-refractivity contribution in [3.63, 3.8) is 0 Å². The molecule has 0 bridgehead atoms. The fourth-order valence-corrected chi connectivity index (χ4v) is 3.18. The number of ether oxygens (including phenoxy) is 2. The van der Waals surface area contributed by atoms with Crippen molar-refractivity contribution in [1.29, 1.82) is 0 Å². The number of hydrogen-bond donors (Lipinski definition) is 0. The summed E-state index contributed by atoms with van der Waals surface area (Å²) in [7, 11) is 1.42. The van der Waals surface area contributed by atoms with Gasteiger partial charge in [0.1, 0.15) is 17.7 Å². The van der Waals surface area contributed by atoms with Gasteiger partial charge in [0.15, 0.2) is 23.5 Å². The smallest absolute Gasteiger partial charge is 0.257 e. The Morgan fingerprint density at radius 3 is 2.85 bits per heavy atom. The molecule has 2 aromatic heterocycles. The molecule has 4 rings (SSSR count). The van der Waals surface area contributed by atoms with Gasteiger partial charge in [-0.25, -0.2) is 14.4 Å². The lowest BCUT2D eigenvalue weighted by Crippen LogP contribution is -2.43. The van der Waals surface area contributed by atoms with Crippen LogP contribution in [0.15, 0.2) is 23.0 Å². The molecule has 0 spiro atoms. The number of benzene rings is 1. The SMILES string of the molecule is COc1ccc2c(N3C[C@@H](C)O[C@@H](c4nc(C)no4)C3)ncnc2c1F. The van der Waals surface area contributed by atoms with Crippen LogP contribution >= 0.6 is 0 Å². The number of aromatic nitrogens is 4. The Morgan fingerprint density at radius 1 is 1.27 bits per heavy atom. The zero-order chi connectivity index (χ0) is 18.3. The van der Waals surface area contributed by atoms with Crippen molar-refractivity contribution in [3.8, 4) is 5.75 Å². The number of nitrogens with zero attached hydrogens (tertiary/aromatic N) is 5.